The Kier molecular flexibility index (Phi) is 25.2. The van der Waals surface area contributed by atoms with E-state index in [2.05, 4.69) is 45.4 Å². The number of unbranched alkanes of at least 4 members (excludes halogenated alkanes) is 2. The molecule has 12 N–H and O–H groups in total. The maximum absolute atomic E-state index is 14.4. The average molecular weight is 1570 g/mol. The summed E-state index contributed by atoms with van der Waals surface area (Å²) in [4.78, 5) is 142. The van der Waals surface area contributed by atoms with Gasteiger partial charge in [0.15, 0.2) is 23.2 Å². The van der Waals surface area contributed by atoms with E-state index in [-0.39, 0.29) is 111 Å². The van der Waals surface area contributed by atoms with E-state index in [4.69, 9.17) is 34.8 Å². The summed E-state index contributed by atoms with van der Waals surface area (Å²) in [7, 11) is 0. The summed E-state index contributed by atoms with van der Waals surface area (Å²) >= 11 is 1.37. The number of aromatic nitrogens is 4. The molecule has 2 unspecified atom stereocenters. The summed E-state index contributed by atoms with van der Waals surface area (Å²) < 4.78 is 27.0. The number of amides is 9. The van der Waals surface area contributed by atoms with Gasteiger partial charge in [-0.25, -0.2) is 29.1 Å². The number of urea groups is 1. The zero-order valence-electron chi connectivity index (χ0n) is 63.6. The third kappa shape index (κ3) is 19.4. The summed E-state index contributed by atoms with van der Waals surface area (Å²) in [5.41, 5.74) is 8.72. The van der Waals surface area contributed by atoms with Gasteiger partial charge in [0, 0.05) is 84.9 Å². The minimum atomic E-state index is -1.93. The van der Waals surface area contributed by atoms with Crippen molar-refractivity contribution < 1.29 is 92.4 Å². The van der Waals surface area contributed by atoms with Crippen LogP contribution in [0, 0.1) is 29.1 Å². The third-order valence-corrected chi connectivity index (χ3v) is 22.8. The summed E-state index contributed by atoms with van der Waals surface area (Å²) in [6.07, 6.45) is 1.06. The summed E-state index contributed by atoms with van der Waals surface area (Å²) in [6.45, 7) is 10.5. The molecule has 32 heteroatoms. The van der Waals surface area contributed by atoms with E-state index in [9.17, 15) is 73.5 Å². The van der Waals surface area contributed by atoms with Gasteiger partial charge in [0.2, 0.25) is 17.7 Å². The molecule has 0 radical (unpaired) electrons. The number of carboxylic acid groups (broad SMARTS) is 2. The van der Waals surface area contributed by atoms with Crippen LogP contribution in [-0.4, -0.2) is 202 Å². The topological polar surface area (TPSA) is 445 Å². The number of rotatable bonds is 35. The summed E-state index contributed by atoms with van der Waals surface area (Å²) in [5.74, 6) is -5.95. The van der Waals surface area contributed by atoms with Crippen LogP contribution in [0.3, 0.4) is 0 Å². The third-order valence-electron chi connectivity index (χ3n) is 21.9. The molecule has 7 aromatic rings. The molecular weight excluding hydrogens is 1480 g/mol. The number of aliphatic hydroxyl groups excluding tert-OH is 3. The number of fused-ring (bicyclic) bond motifs is 2. The molecule has 4 bridgehead atoms. The quantitative estimate of drug-likeness (QED) is 0.0132. The second-order valence-electron chi connectivity index (χ2n) is 31.5. The standard InChI is InChI=1S/C81H96N12O19S/c1-46(2)63(89-60(94)19-7-6-10-32-92-61(95)28-29-62(92)96)71(102)87-58(17-12-30-83-75(82)107)70(101)85-51-24-20-48(21-25-51)38-110-77(108)91(31-13-34-109-74-67(99)65(97)66(98)68(112-74)73(105)106)33-35-111-81-42-78(4)39-79(5,43-81)41-80(40-78,44-81)45-93-47(3)55(37-84-93)52-26-27-56(86-64(52)72(103)104)50-23-22-49-14-11-15-53(54(49)36-50)69(100)90-76-88-57-16-8-9-18-59(57)113-76/h8-9,11,14-16,18,20-29,36-37,46,58,63,65-68,74,97-99H,6-7,10,12-13,17,19,30-35,38-45H2,1-5H3,(H,85,101)(H,87,102)(H,89,94)(H,103,104)(H,105,106)(H3,82,83,107)(H,88,90,100)/t58-,63-,65+,66+,67-,68+,74-,78?,79?,80?,81?/m0/s1. The van der Waals surface area contributed by atoms with Crippen LogP contribution < -0.4 is 32.3 Å². The van der Waals surface area contributed by atoms with Crippen molar-refractivity contribution in [1.82, 2.24) is 45.5 Å². The number of carboxylic acids is 2. The van der Waals surface area contributed by atoms with Gasteiger partial charge in [-0.3, -0.25) is 43.7 Å². The first kappa shape index (κ1) is 81.9. The molecule has 600 valence electrons. The number of aliphatic hydroxyl groups is 3. The first-order valence-corrected chi connectivity index (χ1v) is 38.8. The van der Waals surface area contributed by atoms with Gasteiger partial charge in [-0.1, -0.05) is 94.0 Å². The number of nitrogens with two attached hydrogens (primary N) is 1. The number of hydrogen-bond donors (Lipinski definition) is 11. The molecule has 4 aromatic carbocycles. The fourth-order valence-electron chi connectivity index (χ4n) is 17.7. The Labute approximate surface area is 655 Å². The molecule has 113 heavy (non-hydrogen) atoms. The number of para-hydroxylation sites is 1. The van der Waals surface area contributed by atoms with Crippen molar-refractivity contribution >= 4 is 103 Å². The van der Waals surface area contributed by atoms with Gasteiger partial charge in [0.05, 0.1) is 40.9 Å². The van der Waals surface area contributed by atoms with Gasteiger partial charge in [-0.15, -0.1) is 0 Å². The minimum absolute atomic E-state index is 0.00372. The van der Waals surface area contributed by atoms with Gasteiger partial charge in [0.1, 0.15) is 37.0 Å². The lowest BCUT2D eigenvalue weighted by Crippen LogP contribution is -2.64. The molecule has 4 aliphatic carbocycles. The second kappa shape index (κ2) is 34.8. The number of nitrogens with zero attached hydrogens (tertiary/aromatic N) is 6. The number of anilines is 2. The predicted molar refractivity (Wildman–Crippen MR) is 414 cm³/mol. The van der Waals surface area contributed by atoms with E-state index >= 15 is 0 Å². The number of thiazole rings is 1. The zero-order chi connectivity index (χ0) is 80.7. The molecule has 9 amide bonds. The van der Waals surface area contributed by atoms with Crippen LogP contribution in [0.1, 0.15) is 143 Å². The molecule has 5 fully saturated rings. The molecule has 4 saturated carbocycles. The van der Waals surface area contributed by atoms with Crippen molar-refractivity contribution in [2.45, 2.75) is 180 Å². The molecule has 13 rings (SSSR count). The highest BCUT2D eigenvalue weighted by molar-refractivity contribution is 7.22. The average Bonchev–Trinajstić information content (AvgIpc) is 1.30. The van der Waals surface area contributed by atoms with Crippen molar-refractivity contribution in [2.24, 2.45) is 27.9 Å². The maximum atomic E-state index is 14.4. The van der Waals surface area contributed by atoms with Crippen molar-refractivity contribution in [3.8, 4) is 22.4 Å². The Bertz CT molecular complexity index is 4730. The van der Waals surface area contributed by atoms with Crippen molar-refractivity contribution in [1.29, 1.82) is 0 Å². The van der Waals surface area contributed by atoms with Crippen LogP contribution in [0.25, 0.3) is 43.4 Å². The Morgan fingerprint density at radius 3 is 2.20 bits per heavy atom. The lowest BCUT2D eigenvalue weighted by molar-refractivity contribution is -0.294. The number of aromatic carboxylic acids is 1. The number of pyridine rings is 1. The Balaban J connectivity index is 0.696. The van der Waals surface area contributed by atoms with Crippen LogP contribution >= 0.6 is 11.3 Å². The normalized spacial score (nSPS) is 23.5. The highest BCUT2D eigenvalue weighted by Gasteiger charge is 2.66. The van der Waals surface area contributed by atoms with E-state index < -0.39 is 96.1 Å². The molecule has 2 aliphatic heterocycles. The van der Waals surface area contributed by atoms with Crippen LogP contribution in [0.5, 0.6) is 0 Å². The van der Waals surface area contributed by atoms with Crippen LogP contribution in [0.4, 0.5) is 20.4 Å². The van der Waals surface area contributed by atoms with E-state index in [1.165, 1.54) is 28.4 Å². The number of hydrogen-bond acceptors (Lipinski definition) is 21. The van der Waals surface area contributed by atoms with Crippen molar-refractivity contribution in [3.63, 3.8) is 0 Å². The van der Waals surface area contributed by atoms with Crippen molar-refractivity contribution in [3.05, 3.63) is 138 Å². The van der Waals surface area contributed by atoms with Crippen molar-refractivity contribution in [2.75, 3.05) is 50.0 Å². The van der Waals surface area contributed by atoms with Gasteiger partial charge < -0.3 is 76.4 Å². The van der Waals surface area contributed by atoms with Crippen LogP contribution in [0.2, 0.25) is 0 Å². The Morgan fingerprint density at radius 2 is 1.50 bits per heavy atom. The highest BCUT2D eigenvalue weighted by atomic mass is 32.1. The Hall–Kier alpha value is -10.6. The molecule has 1 saturated heterocycles. The predicted octanol–water partition coefficient (Wildman–Crippen LogP) is 8.21. The highest BCUT2D eigenvalue weighted by Crippen LogP contribution is 2.72. The SMILES string of the molecule is Cc1c(-c2ccc(-c3ccc4cccc(C(=O)Nc5nc6ccccc6s5)c4c3)nc2C(=O)O)cnn1CC12CC3(C)CC(C)(C1)CC(OCCN(CCCO[C@H]1O[C@@H](C(=O)O)[C@H](O)[C@@H](O)[C@@H]1O)C(=O)OCc1ccc(NC(=O)[C@H](CCCNC(N)=O)NC(=O)[C@@H](NC(=O)CCCCCN4C(=O)C=CC4=O)C(C)C)cc1)(C3)C2. The number of imide groups is 1. The van der Waals surface area contributed by atoms with E-state index in [0.29, 0.717) is 81.9 Å². The van der Waals surface area contributed by atoms with Gasteiger partial charge in [-0.2, -0.15) is 5.10 Å². The second-order valence-corrected chi connectivity index (χ2v) is 32.6. The number of aliphatic carboxylic acids is 1. The number of carbonyl (C=O) groups is 10. The van der Waals surface area contributed by atoms with Gasteiger partial charge in [-0.05, 0) is 165 Å². The first-order valence-electron chi connectivity index (χ1n) is 38.0. The smallest absolute Gasteiger partial charge is 0.410 e. The Morgan fingerprint density at radius 1 is 0.752 bits per heavy atom. The molecule has 0 spiro atoms. The monoisotopic (exact) mass is 1570 g/mol. The molecule has 5 heterocycles. The number of ether oxygens (including phenoxy) is 4. The van der Waals surface area contributed by atoms with E-state index in [0.717, 1.165) is 58.3 Å². The largest absolute Gasteiger partial charge is 0.479 e. The lowest BCUT2D eigenvalue weighted by atomic mass is 9.39. The number of primary amides is 1. The summed E-state index contributed by atoms with van der Waals surface area (Å²) in [6, 6.07) is 25.6. The molecular formula is C81H96N12O19S. The molecule has 9 atom stereocenters. The number of nitrogens with one attached hydrogen (secondary N) is 5. The first-order chi connectivity index (χ1) is 53.9. The van der Waals surface area contributed by atoms with Crippen LogP contribution in [-0.2, 0) is 60.9 Å². The van der Waals surface area contributed by atoms with E-state index in [1.807, 2.05) is 60.1 Å². The zero-order valence-corrected chi connectivity index (χ0v) is 64.4. The van der Waals surface area contributed by atoms with E-state index in [1.54, 1.807) is 68.6 Å². The van der Waals surface area contributed by atoms with Crippen LogP contribution in [0.15, 0.2) is 115 Å². The number of benzene rings is 4. The van der Waals surface area contributed by atoms with Gasteiger partial charge in [0.25, 0.3) is 17.7 Å². The molecule has 3 aromatic heterocycles. The summed E-state index contributed by atoms with van der Waals surface area (Å²) in [5, 5.41) is 72.5. The lowest BCUT2D eigenvalue weighted by Gasteiger charge is -2.69. The number of carbonyl (C=O) groups excluding carboxylic acids is 8. The molecule has 31 nitrogen and oxygen atoms in total. The minimum Gasteiger partial charge on any atom is -0.479 e. The molecule has 6 aliphatic rings. The fourth-order valence-corrected chi connectivity index (χ4v) is 18.6. The fraction of sp³-hybridized carbons (Fsp3) is 0.469. The van der Waals surface area contributed by atoms with Gasteiger partial charge >= 0.3 is 24.1 Å². The maximum Gasteiger partial charge on any atom is 0.410 e.